The number of aryl methyl sites for hydroxylation is 1. The van der Waals surface area contributed by atoms with E-state index in [1.165, 1.54) is 38.8 Å². The summed E-state index contributed by atoms with van der Waals surface area (Å²) < 4.78 is 12.1. The van der Waals surface area contributed by atoms with Gasteiger partial charge in [-0.25, -0.2) is 10.9 Å². The third kappa shape index (κ3) is 6.95. The van der Waals surface area contributed by atoms with Crippen molar-refractivity contribution in [1.82, 2.24) is 15.4 Å². The van der Waals surface area contributed by atoms with Crippen LogP contribution in [-0.2, 0) is 11.3 Å². The second-order valence-corrected chi connectivity index (χ2v) is 8.74. The number of nitrogens with zero attached hydrogens (tertiary/aromatic N) is 3. The molecule has 1 heterocycles. The number of carbonyl (C=O) groups is 2. The Morgan fingerprint density at radius 3 is 2.10 bits per heavy atom. The minimum absolute atomic E-state index is 0.0185. The molecule has 11 nitrogen and oxygen atoms in total. The number of benzene rings is 3. The van der Waals surface area contributed by atoms with Crippen molar-refractivity contribution in [3.05, 3.63) is 83.6 Å². The van der Waals surface area contributed by atoms with Crippen LogP contribution in [0.5, 0.6) is 23.0 Å². The minimum Gasteiger partial charge on any atom is -0.504 e. The van der Waals surface area contributed by atoms with Crippen LogP contribution in [0.1, 0.15) is 34.3 Å². The van der Waals surface area contributed by atoms with Gasteiger partial charge in [0, 0.05) is 35.6 Å². The lowest BCUT2D eigenvalue weighted by molar-refractivity contribution is -0.121. The van der Waals surface area contributed by atoms with E-state index in [2.05, 4.69) is 21.1 Å². The first-order chi connectivity index (χ1) is 19.4. The molecule has 0 unspecified atom stereocenters. The second kappa shape index (κ2) is 13.0. The van der Waals surface area contributed by atoms with E-state index < -0.39 is 0 Å². The number of carbonyl (C=O) groups excluding carboxylic acids is 2. The molecular formula is C29H29N5O6. The summed E-state index contributed by atoms with van der Waals surface area (Å²) in [5, 5.41) is 28.1. The third-order valence-corrected chi connectivity index (χ3v) is 6.03. The Morgan fingerprint density at radius 1 is 0.850 bits per heavy atom. The number of hydrogen-bond acceptors (Lipinski definition) is 8. The molecule has 0 atom stereocenters. The molecule has 4 aromatic rings. The van der Waals surface area contributed by atoms with Crippen molar-refractivity contribution in [2.24, 2.45) is 10.2 Å². The Bertz CT molecular complexity index is 1580. The van der Waals surface area contributed by atoms with Gasteiger partial charge in [0.2, 0.25) is 5.91 Å². The fourth-order valence-corrected chi connectivity index (χ4v) is 3.96. The monoisotopic (exact) mass is 543 g/mol. The zero-order valence-electron chi connectivity index (χ0n) is 22.0. The maximum atomic E-state index is 12.6. The number of phenols is 2. The first-order valence-corrected chi connectivity index (χ1v) is 12.4. The lowest BCUT2D eigenvalue weighted by Crippen LogP contribution is -2.18. The predicted octanol–water partition coefficient (Wildman–Crippen LogP) is 3.76. The van der Waals surface area contributed by atoms with Crippen LogP contribution in [0.4, 0.5) is 0 Å². The van der Waals surface area contributed by atoms with Gasteiger partial charge in [0.1, 0.15) is 0 Å². The average Bonchev–Trinajstić information content (AvgIpc) is 3.36. The number of methoxy groups -OCH3 is 2. The number of nitrogens with one attached hydrogen (secondary N) is 2. The van der Waals surface area contributed by atoms with Gasteiger partial charge in [0.05, 0.1) is 26.6 Å². The molecule has 4 rings (SSSR count). The van der Waals surface area contributed by atoms with Crippen molar-refractivity contribution < 1.29 is 29.3 Å². The van der Waals surface area contributed by atoms with E-state index in [-0.39, 0.29) is 29.7 Å². The number of phenolic OH excluding ortho intramolecular Hbond substituents is 2. The van der Waals surface area contributed by atoms with Gasteiger partial charge in [-0.05, 0) is 78.2 Å². The van der Waals surface area contributed by atoms with Gasteiger partial charge in [-0.1, -0.05) is 0 Å². The van der Waals surface area contributed by atoms with Crippen LogP contribution >= 0.6 is 0 Å². The molecule has 2 amide bonds. The number of fused-ring (bicyclic) bond motifs is 1. The topological polar surface area (TPSA) is 147 Å². The largest absolute Gasteiger partial charge is 0.504 e. The summed E-state index contributed by atoms with van der Waals surface area (Å²) in [6.07, 6.45) is 5.72. The van der Waals surface area contributed by atoms with Crippen LogP contribution < -0.4 is 20.3 Å². The molecule has 0 fully saturated rings. The van der Waals surface area contributed by atoms with Crippen LogP contribution in [0.25, 0.3) is 10.9 Å². The molecule has 0 spiro atoms. The lowest BCUT2D eigenvalue weighted by Gasteiger charge is -2.06. The quantitative estimate of drug-likeness (QED) is 0.167. The van der Waals surface area contributed by atoms with Crippen molar-refractivity contribution in [2.45, 2.75) is 19.4 Å². The molecule has 40 heavy (non-hydrogen) atoms. The molecule has 0 aliphatic heterocycles. The van der Waals surface area contributed by atoms with Gasteiger partial charge < -0.3 is 24.3 Å². The van der Waals surface area contributed by atoms with E-state index in [0.717, 1.165) is 10.9 Å². The van der Waals surface area contributed by atoms with Gasteiger partial charge in [-0.2, -0.15) is 10.2 Å². The van der Waals surface area contributed by atoms with Gasteiger partial charge in [-0.15, -0.1) is 0 Å². The highest BCUT2D eigenvalue weighted by Gasteiger charge is 2.09. The highest BCUT2D eigenvalue weighted by molar-refractivity contribution is 5.98. The van der Waals surface area contributed by atoms with Crippen molar-refractivity contribution in [1.29, 1.82) is 0 Å². The molecule has 0 aliphatic carbocycles. The van der Waals surface area contributed by atoms with Crippen molar-refractivity contribution in [3.8, 4) is 23.0 Å². The fraction of sp³-hybridized carbons (Fsp3) is 0.172. The van der Waals surface area contributed by atoms with Gasteiger partial charge in [0.15, 0.2) is 23.0 Å². The first kappa shape index (κ1) is 27.7. The summed E-state index contributed by atoms with van der Waals surface area (Å²) in [6, 6.07) is 16.8. The summed E-state index contributed by atoms with van der Waals surface area (Å²) in [5.74, 6) is 0.0978. The molecular weight excluding hydrogens is 514 g/mol. The van der Waals surface area contributed by atoms with Crippen LogP contribution in [0.15, 0.2) is 77.1 Å². The van der Waals surface area contributed by atoms with Gasteiger partial charge >= 0.3 is 0 Å². The molecule has 3 aromatic carbocycles. The molecule has 0 radical (unpaired) electrons. The summed E-state index contributed by atoms with van der Waals surface area (Å²) in [7, 11) is 2.91. The zero-order chi connectivity index (χ0) is 28.5. The van der Waals surface area contributed by atoms with E-state index in [1.807, 2.05) is 22.9 Å². The zero-order valence-corrected chi connectivity index (χ0v) is 22.0. The Balaban J connectivity index is 1.27. The number of rotatable bonds is 11. The third-order valence-electron chi connectivity index (χ3n) is 6.03. The Labute approximate surface area is 230 Å². The summed E-state index contributed by atoms with van der Waals surface area (Å²) >= 11 is 0. The molecule has 4 N–H and O–H groups in total. The number of aromatic nitrogens is 1. The van der Waals surface area contributed by atoms with Crippen LogP contribution in [-0.4, -0.2) is 53.2 Å². The highest BCUT2D eigenvalue weighted by atomic mass is 16.5. The Kier molecular flexibility index (Phi) is 8.98. The van der Waals surface area contributed by atoms with E-state index in [0.29, 0.717) is 41.2 Å². The Hall–Kier alpha value is -5.32. The number of ether oxygens (including phenoxy) is 2. The average molecular weight is 544 g/mol. The van der Waals surface area contributed by atoms with Crippen LogP contribution in [0, 0.1) is 0 Å². The molecule has 0 saturated carbocycles. The number of hydrazone groups is 2. The number of amides is 2. The van der Waals surface area contributed by atoms with Gasteiger partial charge in [0.25, 0.3) is 5.91 Å². The summed E-state index contributed by atoms with van der Waals surface area (Å²) in [4.78, 5) is 24.7. The summed E-state index contributed by atoms with van der Waals surface area (Å²) in [6.45, 7) is 0.613. The fourth-order valence-electron chi connectivity index (χ4n) is 3.96. The molecule has 11 heteroatoms. The lowest BCUT2D eigenvalue weighted by atomic mass is 10.1. The highest BCUT2D eigenvalue weighted by Crippen LogP contribution is 2.26. The van der Waals surface area contributed by atoms with Crippen molar-refractivity contribution in [2.75, 3.05) is 14.2 Å². The van der Waals surface area contributed by atoms with E-state index >= 15 is 0 Å². The molecule has 206 valence electrons. The van der Waals surface area contributed by atoms with E-state index in [9.17, 15) is 19.8 Å². The predicted molar refractivity (Wildman–Crippen MR) is 151 cm³/mol. The molecule has 0 saturated heterocycles. The second-order valence-electron chi connectivity index (χ2n) is 8.74. The molecule has 0 aliphatic rings. The SMILES string of the molecule is COc1cc(/C=N/NC(=O)CCCn2ccc3cc(C(=O)N/N=C/c4ccc(O)c(OC)c4)ccc32)ccc1O. The van der Waals surface area contributed by atoms with Crippen molar-refractivity contribution >= 4 is 35.1 Å². The smallest absolute Gasteiger partial charge is 0.271 e. The standard InChI is InChI=1S/C29H29N5O6/c1-39-26-14-19(5-9-24(26)35)17-30-32-28(37)4-3-12-34-13-11-21-16-22(7-8-23(21)34)29(38)33-31-18-20-6-10-25(36)27(15-20)40-2/h5-11,13-18,35-36H,3-4,12H2,1-2H3,(H,32,37)(H,33,38)/b30-17+,31-18+. The first-order valence-electron chi connectivity index (χ1n) is 12.4. The number of hydrogen-bond donors (Lipinski definition) is 4. The minimum atomic E-state index is -0.361. The van der Waals surface area contributed by atoms with Crippen LogP contribution in [0.3, 0.4) is 0 Å². The maximum absolute atomic E-state index is 12.6. The molecule has 1 aromatic heterocycles. The van der Waals surface area contributed by atoms with E-state index in [1.54, 1.807) is 36.4 Å². The molecule has 0 bridgehead atoms. The Morgan fingerprint density at radius 2 is 1.48 bits per heavy atom. The van der Waals surface area contributed by atoms with Gasteiger partial charge in [-0.3, -0.25) is 9.59 Å². The normalized spacial score (nSPS) is 11.2. The van der Waals surface area contributed by atoms with Crippen LogP contribution in [0.2, 0.25) is 0 Å². The van der Waals surface area contributed by atoms with Crippen molar-refractivity contribution in [3.63, 3.8) is 0 Å². The maximum Gasteiger partial charge on any atom is 0.271 e. The number of aromatic hydroxyl groups is 2. The summed E-state index contributed by atoms with van der Waals surface area (Å²) in [5.41, 5.74) is 7.72. The van der Waals surface area contributed by atoms with E-state index in [4.69, 9.17) is 9.47 Å².